The Labute approximate surface area is 150 Å². The number of sulfonamides is 1. The molecular weight excluding hydrogens is 383 g/mol. The number of nitrogens with zero attached hydrogens (tertiary/aromatic N) is 1. The number of rotatable bonds is 4. The van der Waals surface area contributed by atoms with Crippen LogP contribution in [0.25, 0.3) is 0 Å². The number of hydrogen-bond donors (Lipinski definition) is 2. The van der Waals surface area contributed by atoms with Crippen LogP contribution in [0.2, 0.25) is 0 Å². The number of nitrogens with one attached hydrogen (secondary N) is 2. The molecule has 1 aliphatic heterocycles. The molecule has 0 spiro atoms. The number of halogens is 4. The number of carbonyl (C=O) groups is 1. The van der Waals surface area contributed by atoms with Gasteiger partial charge in [-0.25, -0.2) is 8.42 Å². The van der Waals surface area contributed by atoms with E-state index in [1.54, 1.807) is 5.32 Å². The normalized spacial score (nSPS) is 19.1. The molecule has 0 aromatic heterocycles. The van der Waals surface area contributed by atoms with E-state index in [0.717, 1.165) is 0 Å². The third-order valence-corrected chi connectivity index (χ3v) is 5.41. The van der Waals surface area contributed by atoms with Gasteiger partial charge < -0.3 is 10.6 Å². The van der Waals surface area contributed by atoms with Crippen molar-refractivity contribution >= 4 is 28.3 Å². The fourth-order valence-corrected chi connectivity index (χ4v) is 3.85. The third kappa shape index (κ3) is 5.84. The van der Waals surface area contributed by atoms with Crippen LogP contribution in [0.15, 0.2) is 29.2 Å². The van der Waals surface area contributed by atoms with Crippen molar-refractivity contribution < 1.29 is 26.4 Å². The molecular formula is C14H19ClF3N3O3S. The minimum Gasteiger partial charge on any atom is -0.343 e. The first-order chi connectivity index (χ1) is 11.1. The van der Waals surface area contributed by atoms with E-state index in [2.05, 4.69) is 5.32 Å². The highest BCUT2D eigenvalue weighted by molar-refractivity contribution is 7.89. The van der Waals surface area contributed by atoms with Crippen molar-refractivity contribution in [3.8, 4) is 0 Å². The van der Waals surface area contributed by atoms with Gasteiger partial charge in [0.15, 0.2) is 0 Å². The van der Waals surface area contributed by atoms with Gasteiger partial charge in [-0.2, -0.15) is 17.5 Å². The topological polar surface area (TPSA) is 78.5 Å². The average molecular weight is 402 g/mol. The van der Waals surface area contributed by atoms with Crippen LogP contribution in [0.5, 0.6) is 0 Å². The van der Waals surface area contributed by atoms with Crippen LogP contribution in [0, 0.1) is 0 Å². The Bertz CT molecular complexity index is 696. The quantitative estimate of drug-likeness (QED) is 0.799. The number of piperazine rings is 1. The van der Waals surface area contributed by atoms with E-state index in [4.69, 9.17) is 0 Å². The van der Waals surface area contributed by atoms with Crippen LogP contribution in [-0.2, 0) is 10.0 Å². The summed E-state index contributed by atoms with van der Waals surface area (Å²) in [6.45, 7) is 1.63. The maximum Gasteiger partial charge on any atom is 0.405 e. The Hall–Kier alpha value is -1.36. The van der Waals surface area contributed by atoms with Gasteiger partial charge >= 0.3 is 6.18 Å². The molecule has 1 aliphatic rings. The van der Waals surface area contributed by atoms with E-state index in [1.165, 1.54) is 28.6 Å². The Kier molecular flexibility index (Phi) is 7.24. The van der Waals surface area contributed by atoms with Gasteiger partial charge in [0.25, 0.3) is 5.91 Å². The van der Waals surface area contributed by atoms with Crippen molar-refractivity contribution in [3.63, 3.8) is 0 Å². The summed E-state index contributed by atoms with van der Waals surface area (Å²) < 4.78 is 62.6. The van der Waals surface area contributed by atoms with Gasteiger partial charge in [-0.15, -0.1) is 12.4 Å². The van der Waals surface area contributed by atoms with Gasteiger partial charge in [0.2, 0.25) is 10.0 Å². The molecule has 1 amide bonds. The fourth-order valence-electron chi connectivity index (χ4n) is 2.33. The number of benzene rings is 1. The van der Waals surface area contributed by atoms with Gasteiger partial charge in [0, 0.05) is 31.2 Å². The molecule has 0 aliphatic carbocycles. The summed E-state index contributed by atoms with van der Waals surface area (Å²) in [5.41, 5.74) is -0.0353. The van der Waals surface area contributed by atoms with E-state index >= 15 is 0 Å². The van der Waals surface area contributed by atoms with Gasteiger partial charge in [-0.3, -0.25) is 4.79 Å². The summed E-state index contributed by atoms with van der Waals surface area (Å²) in [5, 5.41) is 4.87. The number of amides is 1. The minimum atomic E-state index is -4.50. The van der Waals surface area contributed by atoms with Gasteiger partial charge in [0.05, 0.1) is 4.90 Å². The summed E-state index contributed by atoms with van der Waals surface area (Å²) in [5.74, 6) is -0.910. The second-order valence-electron chi connectivity index (χ2n) is 5.54. The lowest BCUT2D eigenvalue weighted by atomic mass is 10.2. The lowest BCUT2D eigenvalue weighted by Crippen LogP contribution is -2.51. The molecule has 2 N–H and O–H groups in total. The molecule has 142 valence electrons. The summed E-state index contributed by atoms with van der Waals surface area (Å²) in [4.78, 5) is 11.6. The van der Waals surface area contributed by atoms with E-state index in [1.807, 2.05) is 6.92 Å². The molecule has 1 fully saturated rings. The first kappa shape index (κ1) is 21.7. The standard InChI is InChI=1S/C14H18F3N3O3S.ClH/c1-10-8-20(7-6-18-10)24(22,23)12-4-2-11(3-5-12)13(21)19-9-14(15,16)17;/h2-5,10,18H,6-9H2,1H3,(H,19,21);1H. The van der Waals surface area contributed by atoms with Gasteiger partial charge in [0.1, 0.15) is 6.54 Å². The van der Waals surface area contributed by atoms with Crippen molar-refractivity contribution in [1.82, 2.24) is 14.9 Å². The Morgan fingerprint density at radius 2 is 1.92 bits per heavy atom. The van der Waals surface area contributed by atoms with E-state index in [-0.39, 0.29) is 28.9 Å². The van der Waals surface area contributed by atoms with Crippen LogP contribution in [-0.4, -0.2) is 57.0 Å². The maximum atomic E-state index is 12.5. The zero-order valence-corrected chi connectivity index (χ0v) is 15.0. The molecule has 1 unspecified atom stereocenters. The molecule has 6 nitrogen and oxygen atoms in total. The molecule has 0 bridgehead atoms. The second-order valence-corrected chi connectivity index (χ2v) is 7.48. The zero-order chi connectivity index (χ0) is 18.0. The van der Waals surface area contributed by atoms with Crippen molar-refractivity contribution in [1.29, 1.82) is 0 Å². The van der Waals surface area contributed by atoms with Gasteiger partial charge in [-0.1, -0.05) is 0 Å². The summed E-state index contributed by atoms with van der Waals surface area (Å²) >= 11 is 0. The SMILES string of the molecule is CC1CN(S(=O)(=O)c2ccc(C(=O)NCC(F)(F)F)cc2)CCN1.Cl. The summed E-state index contributed by atoms with van der Waals surface area (Å²) in [7, 11) is -3.69. The second kappa shape index (κ2) is 8.35. The van der Waals surface area contributed by atoms with Crippen LogP contribution < -0.4 is 10.6 Å². The molecule has 0 saturated carbocycles. The molecule has 1 aromatic carbocycles. The molecule has 1 heterocycles. The maximum absolute atomic E-state index is 12.5. The Morgan fingerprint density at radius 1 is 1.32 bits per heavy atom. The average Bonchev–Trinajstić information content (AvgIpc) is 2.52. The lowest BCUT2D eigenvalue weighted by molar-refractivity contribution is -0.123. The van der Waals surface area contributed by atoms with Gasteiger partial charge in [-0.05, 0) is 31.2 Å². The fraction of sp³-hybridized carbons (Fsp3) is 0.500. The van der Waals surface area contributed by atoms with E-state index in [0.29, 0.717) is 19.6 Å². The molecule has 0 radical (unpaired) electrons. The molecule has 1 saturated heterocycles. The van der Waals surface area contributed by atoms with Crippen LogP contribution in [0.4, 0.5) is 13.2 Å². The zero-order valence-electron chi connectivity index (χ0n) is 13.3. The smallest absolute Gasteiger partial charge is 0.343 e. The molecule has 11 heteroatoms. The predicted molar refractivity (Wildman–Crippen MR) is 88.3 cm³/mol. The number of carbonyl (C=O) groups excluding carboxylic acids is 1. The van der Waals surface area contributed by atoms with Crippen LogP contribution in [0.3, 0.4) is 0 Å². The first-order valence-corrected chi connectivity index (χ1v) is 8.72. The monoisotopic (exact) mass is 401 g/mol. The Morgan fingerprint density at radius 3 is 2.44 bits per heavy atom. The lowest BCUT2D eigenvalue weighted by Gasteiger charge is -2.31. The summed E-state index contributed by atoms with van der Waals surface area (Å²) in [6.07, 6.45) is -4.50. The highest BCUT2D eigenvalue weighted by atomic mass is 35.5. The number of alkyl halides is 3. The first-order valence-electron chi connectivity index (χ1n) is 7.28. The Balaban J connectivity index is 0.00000312. The predicted octanol–water partition coefficient (Wildman–Crippen LogP) is 1.38. The minimum absolute atomic E-state index is 0. The van der Waals surface area contributed by atoms with Crippen LogP contribution >= 0.6 is 12.4 Å². The third-order valence-electron chi connectivity index (χ3n) is 3.54. The van der Waals surface area contributed by atoms with E-state index < -0.39 is 28.7 Å². The molecule has 25 heavy (non-hydrogen) atoms. The van der Waals surface area contributed by atoms with Crippen molar-refractivity contribution in [3.05, 3.63) is 29.8 Å². The van der Waals surface area contributed by atoms with E-state index in [9.17, 15) is 26.4 Å². The van der Waals surface area contributed by atoms with Crippen LogP contribution in [0.1, 0.15) is 17.3 Å². The summed E-state index contributed by atoms with van der Waals surface area (Å²) in [6, 6.07) is 4.88. The van der Waals surface area contributed by atoms with Crippen molar-refractivity contribution in [2.24, 2.45) is 0 Å². The van der Waals surface area contributed by atoms with Crippen molar-refractivity contribution in [2.75, 3.05) is 26.2 Å². The number of hydrogen-bond acceptors (Lipinski definition) is 4. The highest BCUT2D eigenvalue weighted by Crippen LogP contribution is 2.18. The molecule has 2 rings (SSSR count). The molecule has 1 atom stereocenters. The van der Waals surface area contributed by atoms with Crippen molar-refractivity contribution in [2.45, 2.75) is 24.0 Å². The molecule has 1 aromatic rings. The largest absolute Gasteiger partial charge is 0.405 e. The highest BCUT2D eigenvalue weighted by Gasteiger charge is 2.29.